The first-order valence-corrected chi connectivity index (χ1v) is 21.5. The van der Waals surface area contributed by atoms with Crippen molar-refractivity contribution >= 4 is 13.7 Å². The molecule has 4 unspecified atom stereocenters. The number of unbranched alkanes of at least 4 members (excludes halogenated alkanes) is 21. The molecule has 0 fully saturated rings. The van der Waals surface area contributed by atoms with Crippen LogP contribution < -0.4 is 11.1 Å². The molecule has 0 rings (SSSR count). The number of rotatable bonds is 37. The number of nitrogens with one attached hydrogen (secondary N) is 1. The van der Waals surface area contributed by atoms with Gasteiger partial charge in [0.15, 0.2) is 0 Å². The van der Waals surface area contributed by atoms with E-state index in [4.69, 9.17) is 14.8 Å². The number of hydrogen-bond acceptors (Lipinski definition) is 7. The number of amides is 1. The van der Waals surface area contributed by atoms with E-state index in [1.807, 2.05) is 6.08 Å². The fourth-order valence-electron chi connectivity index (χ4n) is 5.77. The van der Waals surface area contributed by atoms with Gasteiger partial charge in [0.2, 0.25) is 5.91 Å². The van der Waals surface area contributed by atoms with Crippen molar-refractivity contribution in [2.75, 3.05) is 19.8 Å². The second-order valence-electron chi connectivity index (χ2n) is 13.7. The van der Waals surface area contributed by atoms with Crippen LogP contribution in [0.25, 0.3) is 0 Å². The SMILES string of the molecule is CCCC/C=C/CC/C=C/C(O)C(COP(=O)(O)OCCN)NC(=O)CC(O)CCCCCCCCCCCCCCCCCCCCC. The van der Waals surface area contributed by atoms with Crippen LogP contribution in [0.2, 0.25) is 0 Å². The Morgan fingerprint density at radius 3 is 1.67 bits per heavy atom. The summed E-state index contributed by atoms with van der Waals surface area (Å²) in [5, 5.41) is 23.8. The molecule has 0 aromatic rings. The molecule has 6 N–H and O–H groups in total. The summed E-state index contributed by atoms with van der Waals surface area (Å²) in [6, 6.07) is -0.993. The zero-order chi connectivity index (χ0) is 36.3. The van der Waals surface area contributed by atoms with Gasteiger partial charge in [0.05, 0.1) is 37.9 Å². The van der Waals surface area contributed by atoms with Crippen LogP contribution >= 0.6 is 7.82 Å². The Bertz CT molecular complexity index is 842. The number of hydrogen-bond donors (Lipinski definition) is 5. The summed E-state index contributed by atoms with van der Waals surface area (Å²) < 4.78 is 21.9. The van der Waals surface area contributed by atoms with E-state index in [0.717, 1.165) is 44.9 Å². The molecule has 49 heavy (non-hydrogen) atoms. The Kier molecular flexibility index (Phi) is 34.6. The van der Waals surface area contributed by atoms with Crippen molar-refractivity contribution < 1.29 is 33.5 Å². The Labute approximate surface area is 300 Å². The molecule has 9 nitrogen and oxygen atoms in total. The second-order valence-corrected chi connectivity index (χ2v) is 15.1. The highest BCUT2D eigenvalue weighted by Crippen LogP contribution is 2.43. The third kappa shape index (κ3) is 33.8. The third-order valence-corrected chi connectivity index (χ3v) is 9.82. The van der Waals surface area contributed by atoms with Crippen molar-refractivity contribution in [1.82, 2.24) is 5.32 Å². The highest BCUT2D eigenvalue weighted by atomic mass is 31.2. The molecule has 0 aromatic carbocycles. The van der Waals surface area contributed by atoms with Crippen LogP contribution in [-0.2, 0) is 18.4 Å². The predicted molar refractivity (Wildman–Crippen MR) is 204 cm³/mol. The van der Waals surface area contributed by atoms with Gasteiger partial charge in [-0.05, 0) is 25.7 Å². The van der Waals surface area contributed by atoms with Crippen molar-refractivity contribution in [1.29, 1.82) is 0 Å². The van der Waals surface area contributed by atoms with E-state index in [2.05, 4.69) is 31.3 Å². The van der Waals surface area contributed by atoms with Gasteiger partial charge in [-0.25, -0.2) is 4.57 Å². The molecular formula is C39H77N2O7P. The molecule has 0 aliphatic carbocycles. The summed E-state index contributed by atoms with van der Waals surface area (Å²) in [5.41, 5.74) is 5.33. The highest BCUT2D eigenvalue weighted by molar-refractivity contribution is 7.47. The topological polar surface area (TPSA) is 151 Å². The maximum Gasteiger partial charge on any atom is 0.472 e. The van der Waals surface area contributed by atoms with E-state index in [-0.39, 0.29) is 19.6 Å². The van der Waals surface area contributed by atoms with Crippen molar-refractivity contribution in [3.8, 4) is 0 Å². The minimum Gasteiger partial charge on any atom is -0.393 e. The van der Waals surface area contributed by atoms with Gasteiger partial charge in [0.25, 0.3) is 0 Å². The summed E-state index contributed by atoms with van der Waals surface area (Å²) in [6.45, 7) is 3.87. The van der Waals surface area contributed by atoms with E-state index in [1.165, 1.54) is 103 Å². The number of phosphoric acid groups is 1. The van der Waals surface area contributed by atoms with Crippen molar-refractivity contribution in [2.24, 2.45) is 5.73 Å². The number of carbonyl (C=O) groups is 1. The van der Waals surface area contributed by atoms with Crippen LogP contribution in [0.5, 0.6) is 0 Å². The number of allylic oxidation sites excluding steroid dienone is 3. The number of carbonyl (C=O) groups excluding carboxylic acids is 1. The number of nitrogens with two attached hydrogens (primary N) is 1. The molecule has 0 saturated heterocycles. The fraction of sp³-hybridized carbons (Fsp3) is 0.872. The maximum absolute atomic E-state index is 12.7. The molecule has 10 heteroatoms. The van der Waals surface area contributed by atoms with E-state index < -0.39 is 38.6 Å². The quantitative estimate of drug-likeness (QED) is 0.0242. The summed E-state index contributed by atoms with van der Waals surface area (Å²) in [5.74, 6) is -0.458. The van der Waals surface area contributed by atoms with Gasteiger partial charge in [-0.15, -0.1) is 0 Å². The maximum atomic E-state index is 12.7. The van der Waals surface area contributed by atoms with Crippen molar-refractivity contribution in [2.45, 2.75) is 199 Å². The monoisotopic (exact) mass is 717 g/mol. The Hall–Kier alpha value is -1.06. The van der Waals surface area contributed by atoms with Gasteiger partial charge in [0, 0.05) is 6.54 Å². The van der Waals surface area contributed by atoms with Gasteiger partial charge in [-0.1, -0.05) is 173 Å². The van der Waals surface area contributed by atoms with E-state index in [9.17, 15) is 24.5 Å². The van der Waals surface area contributed by atoms with Gasteiger partial charge in [-0.2, -0.15) is 0 Å². The number of aliphatic hydroxyl groups is 2. The molecule has 0 aromatic heterocycles. The van der Waals surface area contributed by atoms with Gasteiger partial charge in [-0.3, -0.25) is 13.8 Å². The lowest BCUT2D eigenvalue weighted by Gasteiger charge is -2.24. The van der Waals surface area contributed by atoms with Crippen LogP contribution in [0.3, 0.4) is 0 Å². The van der Waals surface area contributed by atoms with Crippen LogP contribution in [0, 0.1) is 0 Å². The van der Waals surface area contributed by atoms with E-state index in [1.54, 1.807) is 6.08 Å². The lowest BCUT2D eigenvalue weighted by Crippen LogP contribution is -2.46. The lowest BCUT2D eigenvalue weighted by molar-refractivity contribution is -0.124. The summed E-state index contributed by atoms with van der Waals surface area (Å²) in [6.07, 6.45) is 35.8. The smallest absolute Gasteiger partial charge is 0.393 e. The molecule has 0 heterocycles. The van der Waals surface area contributed by atoms with Crippen LogP contribution in [0.1, 0.15) is 181 Å². The first-order chi connectivity index (χ1) is 23.8. The van der Waals surface area contributed by atoms with Crippen molar-refractivity contribution in [3.05, 3.63) is 24.3 Å². The Balaban J connectivity index is 4.18. The number of aliphatic hydroxyl groups excluding tert-OH is 2. The first-order valence-electron chi connectivity index (χ1n) is 20.0. The van der Waals surface area contributed by atoms with Gasteiger partial charge >= 0.3 is 7.82 Å². The van der Waals surface area contributed by atoms with Crippen LogP contribution in [0.15, 0.2) is 24.3 Å². The molecule has 1 amide bonds. The average Bonchev–Trinajstić information content (AvgIpc) is 3.07. The molecule has 4 atom stereocenters. The second kappa shape index (κ2) is 35.3. The zero-order valence-corrected chi connectivity index (χ0v) is 32.4. The molecule has 0 aliphatic heterocycles. The summed E-state index contributed by atoms with van der Waals surface area (Å²) >= 11 is 0. The number of phosphoric ester groups is 1. The molecule has 0 radical (unpaired) electrons. The van der Waals surface area contributed by atoms with Gasteiger partial charge in [0.1, 0.15) is 0 Å². The molecule has 0 bridgehead atoms. The molecule has 0 spiro atoms. The Morgan fingerprint density at radius 2 is 1.16 bits per heavy atom. The predicted octanol–water partition coefficient (Wildman–Crippen LogP) is 9.58. The first kappa shape index (κ1) is 47.9. The zero-order valence-electron chi connectivity index (χ0n) is 31.5. The average molecular weight is 717 g/mol. The van der Waals surface area contributed by atoms with Crippen molar-refractivity contribution in [3.63, 3.8) is 0 Å². The highest BCUT2D eigenvalue weighted by Gasteiger charge is 2.27. The van der Waals surface area contributed by atoms with Gasteiger partial charge < -0.3 is 26.2 Å². The standard InChI is InChI=1S/C39H77N2O7P/c1-3-5-7-9-11-13-14-15-16-17-18-19-20-21-22-23-24-26-28-30-36(42)34-39(44)41-37(35-48-49(45,46)47-33-32-40)38(43)31-29-27-25-12-10-8-6-4-2/h10,12,29,31,36-38,42-43H,3-9,11,13-28,30,32-35,40H2,1-2H3,(H,41,44)(H,45,46)/b12-10+,31-29+. The summed E-state index contributed by atoms with van der Waals surface area (Å²) in [7, 11) is -4.39. The Morgan fingerprint density at radius 1 is 0.694 bits per heavy atom. The molecule has 0 saturated carbocycles. The largest absolute Gasteiger partial charge is 0.472 e. The summed E-state index contributed by atoms with van der Waals surface area (Å²) in [4.78, 5) is 22.6. The molecule has 290 valence electrons. The lowest BCUT2D eigenvalue weighted by atomic mass is 10.0. The third-order valence-electron chi connectivity index (χ3n) is 8.83. The normalized spacial score (nSPS) is 15.1. The van der Waals surface area contributed by atoms with E-state index in [0.29, 0.717) is 12.8 Å². The molecular weight excluding hydrogens is 639 g/mol. The van der Waals surface area contributed by atoms with E-state index >= 15 is 0 Å². The van der Waals surface area contributed by atoms with Crippen LogP contribution in [-0.4, -0.2) is 59.0 Å². The minimum absolute atomic E-state index is 0.0454. The fourth-order valence-corrected chi connectivity index (χ4v) is 6.53. The van der Waals surface area contributed by atoms with Crippen LogP contribution in [0.4, 0.5) is 0 Å². The minimum atomic E-state index is -4.39. The molecule has 0 aliphatic rings.